The fourth-order valence-electron chi connectivity index (χ4n) is 1.48. The first-order valence-electron chi connectivity index (χ1n) is 5.46. The molecule has 0 bridgehead atoms. The van der Waals surface area contributed by atoms with Crippen LogP contribution in [-0.4, -0.2) is 22.6 Å². The zero-order valence-corrected chi connectivity index (χ0v) is 11.2. The van der Waals surface area contributed by atoms with Crippen LogP contribution in [0.2, 0.25) is 5.02 Å². The van der Waals surface area contributed by atoms with Crippen LogP contribution in [0, 0.1) is 5.82 Å². The predicted octanol–water partition coefficient (Wildman–Crippen LogP) is 2.85. The van der Waals surface area contributed by atoms with Gasteiger partial charge in [0, 0.05) is 5.54 Å². The van der Waals surface area contributed by atoms with Crippen molar-refractivity contribution >= 4 is 29.3 Å². The Morgan fingerprint density at radius 3 is 2.63 bits per heavy atom. The maximum atomic E-state index is 13.5. The molecule has 0 unspecified atom stereocenters. The topological polar surface area (TPSA) is 78.4 Å². The predicted molar refractivity (Wildman–Crippen MR) is 69.9 cm³/mol. The molecule has 0 aliphatic heterocycles. The van der Waals surface area contributed by atoms with Crippen molar-refractivity contribution in [1.82, 2.24) is 5.32 Å². The molecule has 0 aliphatic carbocycles. The molecule has 0 aromatic heterocycles. The lowest BCUT2D eigenvalue weighted by atomic mass is 10.0. The average molecular weight is 289 g/mol. The SMILES string of the molecule is CC(C)(CC(=O)O)NC(=O)Nc1cccc(Cl)c1F. The zero-order valence-electron chi connectivity index (χ0n) is 10.5. The second-order valence-electron chi connectivity index (χ2n) is 4.63. The van der Waals surface area contributed by atoms with Gasteiger partial charge in [-0.15, -0.1) is 0 Å². The summed E-state index contributed by atoms with van der Waals surface area (Å²) in [6.45, 7) is 3.10. The number of carboxylic acid groups (broad SMARTS) is 1. The van der Waals surface area contributed by atoms with Crippen molar-refractivity contribution in [3.8, 4) is 0 Å². The highest BCUT2D eigenvalue weighted by Gasteiger charge is 2.24. The highest BCUT2D eigenvalue weighted by Crippen LogP contribution is 2.22. The maximum Gasteiger partial charge on any atom is 0.319 e. The van der Waals surface area contributed by atoms with Crippen molar-refractivity contribution in [3.05, 3.63) is 29.0 Å². The van der Waals surface area contributed by atoms with Gasteiger partial charge in [-0.3, -0.25) is 4.79 Å². The molecule has 1 aromatic rings. The summed E-state index contributed by atoms with van der Waals surface area (Å²) in [6, 6.07) is 3.50. The van der Waals surface area contributed by atoms with E-state index in [4.69, 9.17) is 16.7 Å². The number of hydrogen-bond acceptors (Lipinski definition) is 2. The Bertz CT molecular complexity index is 506. The Balaban J connectivity index is 2.70. The summed E-state index contributed by atoms with van der Waals surface area (Å²) in [5.74, 6) is -1.78. The molecule has 0 spiro atoms. The normalized spacial score (nSPS) is 10.9. The van der Waals surface area contributed by atoms with Gasteiger partial charge in [0.1, 0.15) is 0 Å². The highest BCUT2D eigenvalue weighted by molar-refractivity contribution is 6.31. The smallest absolute Gasteiger partial charge is 0.319 e. The molecule has 3 N–H and O–H groups in total. The molecule has 5 nitrogen and oxygen atoms in total. The van der Waals surface area contributed by atoms with Gasteiger partial charge in [0.2, 0.25) is 0 Å². The van der Waals surface area contributed by atoms with Crippen LogP contribution in [0.3, 0.4) is 0 Å². The number of anilines is 1. The molecular formula is C12H14ClFN2O3. The number of carbonyl (C=O) groups is 2. The minimum absolute atomic E-state index is 0.0730. The number of carboxylic acids is 1. The lowest BCUT2D eigenvalue weighted by Gasteiger charge is -2.24. The van der Waals surface area contributed by atoms with Gasteiger partial charge >= 0.3 is 12.0 Å². The van der Waals surface area contributed by atoms with Crippen LogP contribution in [-0.2, 0) is 4.79 Å². The number of rotatable bonds is 4. The van der Waals surface area contributed by atoms with Gasteiger partial charge in [0.05, 0.1) is 17.1 Å². The lowest BCUT2D eigenvalue weighted by Crippen LogP contribution is -2.46. The Kier molecular flexibility index (Phi) is 4.72. The maximum absolute atomic E-state index is 13.5. The molecule has 0 atom stereocenters. The average Bonchev–Trinajstić information content (AvgIpc) is 2.21. The number of urea groups is 1. The van der Waals surface area contributed by atoms with E-state index in [-0.39, 0.29) is 17.1 Å². The molecule has 19 heavy (non-hydrogen) atoms. The summed E-state index contributed by atoms with van der Waals surface area (Å²) in [5.41, 5.74) is -1.03. The molecule has 0 fully saturated rings. The second kappa shape index (κ2) is 5.88. The third-order valence-electron chi connectivity index (χ3n) is 2.24. The van der Waals surface area contributed by atoms with Crippen LogP contribution in [0.25, 0.3) is 0 Å². The number of aliphatic carboxylic acids is 1. The van der Waals surface area contributed by atoms with Crippen molar-refractivity contribution in [2.75, 3.05) is 5.32 Å². The largest absolute Gasteiger partial charge is 0.481 e. The number of amides is 2. The minimum atomic E-state index is -1.04. The van der Waals surface area contributed by atoms with Crippen LogP contribution in [0.5, 0.6) is 0 Å². The van der Waals surface area contributed by atoms with Gasteiger partial charge in [-0.25, -0.2) is 9.18 Å². The quantitative estimate of drug-likeness (QED) is 0.797. The van der Waals surface area contributed by atoms with Gasteiger partial charge in [0.15, 0.2) is 5.82 Å². The van der Waals surface area contributed by atoms with E-state index in [1.165, 1.54) is 18.2 Å². The van der Waals surface area contributed by atoms with E-state index in [9.17, 15) is 14.0 Å². The molecule has 1 aromatic carbocycles. The summed E-state index contributed by atoms with van der Waals surface area (Å²) in [4.78, 5) is 22.3. The van der Waals surface area contributed by atoms with Gasteiger partial charge < -0.3 is 15.7 Å². The molecule has 0 heterocycles. The van der Waals surface area contributed by atoms with Crippen LogP contribution >= 0.6 is 11.6 Å². The summed E-state index contributed by atoms with van der Waals surface area (Å²) in [6.07, 6.45) is -0.252. The van der Waals surface area contributed by atoms with Crippen molar-refractivity contribution in [3.63, 3.8) is 0 Å². The van der Waals surface area contributed by atoms with E-state index >= 15 is 0 Å². The lowest BCUT2D eigenvalue weighted by molar-refractivity contribution is -0.138. The first kappa shape index (κ1) is 15.2. The van der Waals surface area contributed by atoms with E-state index in [1.807, 2.05) is 0 Å². The number of hydrogen-bond donors (Lipinski definition) is 3. The van der Waals surface area contributed by atoms with Crippen molar-refractivity contribution < 1.29 is 19.1 Å². The van der Waals surface area contributed by atoms with Crippen molar-refractivity contribution in [1.29, 1.82) is 0 Å². The number of halogens is 2. The van der Waals surface area contributed by atoms with Gasteiger partial charge in [-0.2, -0.15) is 0 Å². The van der Waals surface area contributed by atoms with E-state index in [2.05, 4.69) is 10.6 Å². The van der Waals surface area contributed by atoms with Crippen molar-refractivity contribution in [2.45, 2.75) is 25.8 Å². The summed E-state index contributed by atoms with van der Waals surface area (Å²) in [7, 11) is 0. The van der Waals surface area contributed by atoms with Crippen molar-refractivity contribution in [2.24, 2.45) is 0 Å². The molecule has 0 saturated heterocycles. The van der Waals surface area contributed by atoms with E-state index in [1.54, 1.807) is 13.8 Å². The number of carbonyl (C=O) groups excluding carboxylic acids is 1. The van der Waals surface area contributed by atoms with Crippen LogP contribution in [0.15, 0.2) is 18.2 Å². The second-order valence-corrected chi connectivity index (χ2v) is 5.04. The van der Waals surface area contributed by atoms with Gasteiger partial charge in [-0.1, -0.05) is 17.7 Å². The summed E-state index contributed by atoms with van der Waals surface area (Å²) < 4.78 is 13.5. The monoisotopic (exact) mass is 288 g/mol. The molecule has 104 valence electrons. The van der Waals surface area contributed by atoms with Crippen LogP contribution in [0.4, 0.5) is 14.9 Å². The van der Waals surface area contributed by atoms with E-state index in [0.29, 0.717) is 0 Å². The molecule has 0 saturated carbocycles. The summed E-state index contributed by atoms with van der Waals surface area (Å²) >= 11 is 5.57. The zero-order chi connectivity index (χ0) is 14.6. The third kappa shape index (κ3) is 4.75. The number of nitrogens with one attached hydrogen (secondary N) is 2. The standard InChI is InChI=1S/C12H14ClFN2O3/c1-12(2,6-9(17)18)16-11(19)15-8-5-3-4-7(13)10(8)14/h3-5H,6H2,1-2H3,(H,17,18)(H2,15,16,19). The van der Waals surface area contributed by atoms with Crippen LogP contribution < -0.4 is 10.6 Å². The Morgan fingerprint density at radius 2 is 2.05 bits per heavy atom. The molecule has 2 amide bonds. The minimum Gasteiger partial charge on any atom is -0.481 e. The van der Waals surface area contributed by atoms with E-state index < -0.39 is 23.4 Å². The molecule has 7 heteroatoms. The third-order valence-corrected chi connectivity index (χ3v) is 2.54. The molecular weight excluding hydrogens is 275 g/mol. The Morgan fingerprint density at radius 1 is 1.42 bits per heavy atom. The van der Waals surface area contributed by atoms with Gasteiger partial charge in [0.25, 0.3) is 0 Å². The summed E-state index contributed by atoms with van der Waals surface area (Å²) in [5, 5.41) is 13.3. The fourth-order valence-corrected chi connectivity index (χ4v) is 1.66. The Hall–Kier alpha value is -1.82. The van der Waals surface area contributed by atoms with Gasteiger partial charge in [-0.05, 0) is 26.0 Å². The number of benzene rings is 1. The first-order chi connectivity index (χ1) is 8.71. The Labute approximate surface area is 114 Å². The van der Waals surface area contributed by atoms with Crippen LogP contribution in [0.1, 0.15) is 20.3 Å². The first-order valence-corrected chi connectivity index (χ1v) is 5.84. The molecule has 0 radical (unpaired) electrons. The highest BCUT2D eigenvalue weighted by atomic mass is 35.5. The van der Waals surface area contributed by atoms with E-state index in [0.717, 1.165) is 0 Å². The molecule has 1 rings (SSSR count). The molecule has 0 aliphatic rings. The fraction of sp³-hybridized carbons (Fsp3) is 0.333.